The highest BCUT2D eigenvalue weighted by atomic mass is 16.3. The van der Waals surface area contributed by atoms with Gasteiger partial charge in [-0.05, 0) is 66.6 Å². The molecule has 0 aromatic carbocycles. The minimum Gasteiger partial charge on any atom is -0.391 e. The van der Waals surface area contributed by atoms with Crippen LogP contribution in [0.15, 0.2) is 0 Å². The van der Waals surface area contributed by atoms with Crippen molar-refractivity contribution < 1.29 is 10.2 Å². The molecule has 2 rings (SSSR count). The molecule has 2 saturated carbocycles. The molecule has 0 amide bonds. The van der Waals surface area contributed by atoms with Crippen LogP contribution < -0.4 is 11.5 Å². The summed E-state index contributed by atoms with van der Waals surface area (Å²) in [7, 11) is 0. The molecule has 4 heteroatoms. The Bertz CT molecular complexity index is 390. The molecule has 2 fully saturated rings. The average molecular weight is 355 g/mol. The molecule has 25 heavy (non-hydrogen) atoms. The minimum atomic E-state index is -0.390. The number of nitrogens with two attached hydrogens (primary N) is 2. The van der Waals surface area contributed by atoms with E-state index in [-0.39, 0.29) is 36.1 Å². The van der Waals surface area contributed by atoms with Crippen LogP contribution in [0.1, 0.15) is 60.8 Å². The van der Waals surface area contributed by atoms with Gasteiger partial charge < -0.3 is 21.7 Å². The highest BCUT2D eigenvalue weighted by Gasteiger charge is 2.46. The van der Waals surface area contributed by atoms with Crippen molar-refractivity contribution in [1.82, 2.24) is 0 Å². The maximum Gasteiger partial charge on any atom is 0.0719 e. The highest BCUT2D eigenvalue weighted by Crippen LogP contribution is 2.46. The van der Waals surface area contributed by atoms with Crippen LogP contribution in [0.4, 0.5) is 0 Å². The zero-order valence-electron chi connectivity index (χ0n) is 17.1. The molecule has 2 aliphatic carbocycles. The Balaban J connectivity index is 2.21. The third-order valence-electron chi connectivity index (χ3n) is 7.43. The molecule has 10 atom stereocenters. The number of rotatable bonds is 4. The standard InChI is InChI=1S/C21H42N2O2/c1-10(2)16-14(7-12(5)20(24)18(16)22)9-15-8-13(6)21(25)19(23)17(15)11(3)4/h10-21,24-25H,7-9,22-23H2,1-6H3. The first-order valence-corrected chi connectivity index (χ1v) is 10.4. The van der Waals surface area contributed by atoms with E-state index in [4.69, 9.17) is 11.5 Å². The van der Waals surface area contributed by atoms with Gasteiger partial charge in [0.2, 0.25) is 0 Å². The Morgan fingerprint density at radius 3 is 1.36 bits per heavy atom. The zero-order valence-corrected chi connectivity index (χ0v) is 17.1. The molecule has 10 unspecified atom stereocenters. The molecule has 0 aromatic heterocycles. The van der Waals surface area contributed by atoms with Gasteiger partial charge in [0.05, 0.1) is 12.2 Å². The lowest BCUT2D eigenvalue weighted by Crippen LogP contribution is -2.56. The lowest BCUT2D eigenvalue weighted by atomic mass is 9.59. The van der Waals surface area contributed by atoms with E-state index in [2.05, 4.69) is 41.5 Å². The van der Waals surface area contributed by atoms with E-state index in [1.807, 2.05) is 0 Å². The van der Waals surface area contributed by atoms with E-state index < -0.39 is 0 Å². The highest BCUT2D eigenvalue weighted by molar-refractivity contribution is 4.99. The maximum absolute atomic E-state index is 10.5. The van der Waals surface area contributed by atoms with E-state index >= 15 is 0 Å². The Hall–Kier alpha value is -0.160. The van der Waals surface area contributed by atoms with E-state index in [0.717, 1.165) is 19.3 Å². The quantitative estimate of drug-likeness (QED) is 0.624. The lowest BCUT2D eigenvalue weighted by molar-refractivity contribution is -0.0495. The first kappa shape index (κ1) is 21.1. The molecule has 0 heterocycles. The molecule has 0 aliphatic heterocycles. The van der Waals surface area contributed by atoms with Crippen molar-refractivity contribution in [2.45, 2.75) is 85.1 Å². The summed E-state index contributed by atoms with van der Waals surface area (Å²) >= 11 is 0. The SMILES string of the molecule is CC(C)C1C(CC2CC(C)C(O)C(N)C2C(C)C)CC(C)C(O)C1N. The molecule has 0 spiro atoms. The molecule has 4 nitrogen and oxygen atoms in total. The van der Waals surface area contributed by atoms with Crippen LogP contribution in [0.5, 0.6) is 0 Å². The molecule has 0 aromatic rings. The van der Waals surface area contributed by atoms with Crippen LogP contribution >= 0.6 is 0 Å². The zero-order chi connectivity index (χ0) is 19.0. The fourth-order valence-corrected chi connectivity index (χ4v) is 6.26. The second-order valence-electron chi connectivity index (χ2n) is 9.96. The van der Waals surface area contributed by atoms with Gasteiger partial charge in [-0.3, -0.25) is 0 Å². The van der Waals surface area contributed by atoms with Crippen LogP contribution in [-0.2, 0) is 0 Å². The largest absolute Gasteiger partial charge is 0.391 e. The molecule has 0 bridgehead atoms. The van der Waals surface area contributed by atoms with Crippen LogP contribution in [-0.4, -0.2) is 34.5 Å². The Kier molecular flexibility index (Phi) is 6.97. The molecule has 0 radical (unpaired) electrons. The predicted octanol–water partition coefficient (Wildman–Crippen LogP) is 2.61. The summed E-state index contributed by atoms with van der Waals surface area (Å²) in [4.78, 5) is 0. The molecule has 0 saturated heterocycles. The van der Waals surface area contributed by atoms with E-state index in [1.54, 1.807) is 0 Å². The van der Waals surface area contributed by atoms with Gasteiger partial charge >= 0.3 is 0 Å². The van der Waals surface area contributed by atoms with E-state index in [1.165, 1.54) is 0 Å². The van der Waals surface area contributed by atoms with Gasteiger partial charge in [-0.1, -0.05) is 41.5 Å². The fourth-order valence-electron chi connectivity index (χ4n) is 6.26. The van der Waals surface area contributed by atoms with Crippen molar-refractivity contribution in [3.63, 3.8) is 0 Å². The summed E-state index contributed by atoms with van der Waals surface area (Å²) in [5, 5.41) is 20.9. The van der Waals surface area contributed by atoms with Crippen molar-refractivity contribution in [3.8, 4) is 0 Å². The Morgan fingerprint density at radius 2 is 1.08 bits per heavy atom. The molecule has 2 aliphatic rings. The first-order valence-electron chi connectivity index (χ1n) is 10.4. The second-order valence-corrected chi connectivity index (χ2v) is 9.96. The van der Waals surface area contributed by atoms with Gasteiger partial charge in [0.15, 0.2) is 0 Å². The van der Waals surface area contributed by atoms with Crippen molar-refractivity contribution in [3.05, 3.63) is 0 Å². The summed E-state index contributed by atoms with van der Waals surface area (Å²) < 4.78 is 0. The van der Waals surface area contributed by atoms with Crippen molar-refractivity contribution in [2.24, 2.45) is 58.8 Å². The summed E-state index contributed by atoms with van der Waals surface area (Å²) in [6.45, 7) is 13.2. The van der Waals surface area contributed by atoms with Crippen LogP contribution in [0.3, 0.4) is 0 Å². The average Bonchev–Trinajstić information content (AvgIpc) is 2.49. The van der Waals surface area contributed by atoms with Crippen molar-refractivity contribution in [1.29, 1.82) is 0 Å². The van der Waals surface area contributed by atoms with Crippen LogP contribution in [0.25, 0.3) is 0 Å². The van der Waals surface area contributed by atoms with Gasteiger partial charge in [0.1, 0.15) is 0 Å². The molecule has 6 N–H and O–H groups in total. The summed E-state index contributed by atoms with van der Waals surface area (Å²) in [5.41, 5.74) is 12.9. The molecular formula is C21H42N2O2. The Morgan fingerprint density at radius 1 is 0.760 bits per heavy atom. The van der Waals surface area contributed by atoms with Crippen molar-refractivity contribution >= 4 is 0 Å². The van der Waals surface area contributed by atoms with Gasteiger partial charge in [-0.2, -0.15) is 0 Å². The first-order chi connectivity index (χ1) is 11.6. The number of aliphatic hydroxyl groups excluding tert-OH is 2. The van der Waals surface area contributed by atoms with Crippen LogP contribution in [0.2, 0.25) is 0 Å². The molecule has 148 valence electrons. The van der Waals surface area contributed by atoms with E-state index in [0.29, 0.717) is 35.5 Å². The minimum absolute atomic E-state index is 0.133. The number of hydrogen-bond acceptors (Lipinski definition) is 4. The third-order valence-corrected chi connectivity index (χ3v) is 7.43. The van der Waals surface area contributed by atoms with E-state index in [9.17, 15) is 10.2 Å². The summed E-state index contributed by atoms with van der Waals surface area (Å²) in [6, 6.07) is -0.266. The predicted molar refractivity (Wildman–Crippen MR) is 104 cm³/mol. The topological polar surface area (TPSA) is 92.5 Å². The summed E-state index contributed by atoms with van der Waals surface area (Å²) in [6.07, 6.45) is 2.44. The Labute approximate surface area is 154 Å². The summed E-state index contributed by atoms with van der Waals surface area (Å²) in [5.74, 6) is 3.25. The smallest absolute Gasteiger partial charge is 0.0719 e. The number of hydrogen-bond donors (Lipinski definition) is 4. The van der Waals surface area contributed by atoms with Gasteiger partial charge in [0, 0.05) is 12.1 Å². The number of aliphatic hydroxyl groups is 2. The maximum atomic E-state index is 10.5. The third kappa shape index (κ3) is 4.23. The monoisotopic (exact) mass is 354 g/mol. The van der Waals surface area contributed by atoms with Gasteiger partial charge in [-0.25, -0.2) is 0 Å². The van der Waals surface area contributed by atoms with Gasteiger partial charge in [-0.15, -0.1) is 0 Å². The van der Waals surface area contributed by atoms with Gasteiger partial charge in [0.25, 0.3) is 0 Å². The lowest BCUT2D eigenvalue weighted by Gasteiger charge is -2.50. The normalized spacial score (nSPS) is 49.0. The fraction of sp³-hybridized carbons (Fsp3) is 1.00. The van der Waals surface area contributed by atoms with Crippen molar-refractivity contribution in [2.75, 3.05) is 0 Å². The second kappa shape index (κ2) is 8.24. The van der Waals surface area contributed by atoms with Crippen LogP contribution in [0, 0.1) is 47.3 Å². The molecular weight excluding hydrogens is 312 g/mol.